The molecular weight excluding hydrogens is 240 g/mol. The molecular formula is C11H20N2O5. The molecule has 0 aromatic carbocycles. The predicted octanol–water partition coefficient (Wildman–Crippen LogP) is 0.444. The molecule has 2 N–H and O–H groups in total. The first-order valence-electron chi connectivity index (χ1n) is 5.73. The third-order valence-corrected chi connectivity index (χ3v) is 2.35. The number of hydrogen-bond acceptors (Lipinski definition) is 4. The highest BCUT2D eigenvalue weighted by atomic mass is 16.5. The number of nitrogens with one attached hydrogen (secondary N) is 1. The van der Waals surface area contributed by atoms with Crippen molar-refractivity contribution in [3.63, 3.8) is 0 Å². The molecule has 0 rings (SSSR count). The van der Waals surface area contributed by atoms with Crippen LogP contribution in [0.5, 0.6) is 0 Å². The van der Waals surface area contributed by atoms with Crippen LogP contribution in [0, 0.1) is 0 Å². The van der Waals surface area contributed by atoms with Crippen molar-refractivity contribution in [1.82, 2.24) is 10.2 Å². The van der Waals surface area contributed by atoms with E-state index in [1.807, 2.05) is 0 Å². The molecule has 0 saturated carbocycles. The van der Waals surface area contributed by atoms with Gasteiger partial charge in [0, 0.05) is 20.1 Å². The number of amides is 3. The Morgan fingerprint density at radius 2 is 1.94 bits per heavy atom. The summed E-state index contributed by atoms with van der Waals surface area (Å²) < 4.78 is 4.94. The van der Waals surface area contributed by atoms with Gasteiger partial charge < -0.3 is 14.7 Å². The van der Waals surface area contributed by atoms with Gasteiger partial charge in [-0.05, 0) is 13.8 Å². The van der Waals surface area contributed by atoms with Crippen molar-refractivity contribution < 1.29 is 24.2 Å². The molecule has 0 saturated heterocycles. The van der Waals surface area contributed by atoms with Crippen molar-refractivity contribution in [3.05, 3.63) is 0 Å². The SMILES string of the molecule is CCN(C(=O)NC(=O)CCC(=O)O)C(C)COC. The minimum absolute atomic E-state index is 0.160. The van der Waals surface area contributed by atoms with E-state index in [2.05, 4.69) is 5.32 Å². The summed E-state index contributed by atoms with van der Waals surface area (Å²) in [5, 5.41) is 10.6. The van der Waals surface area contributed by atoms with Crippen LogP contribution >= 0.6 is 0 Å². The van der Waals surface area contributed by atoms with Crippen LogP contribution in [0.1, 0.15) is 26.7 Å². The number of urea groups is 1. The molecule has 104 valence electrons. The molecule has 1 atom stereocenters. The van der Waals surface area contributed by atoms with Crippen LogP contribution in [0.2, 0.25) is 0 Å². The molecule has 18 heavy (non-hydrogen) atoms. The number of likely N-dealkylation sites (N-methyl/N-ethyl adjacent to an activating group) is 1. The van der Waals surface area contributed by atoms with E-state index in [1.54, 1.807) is 13.8 Å². The molecule has 3 amide bonds. The lowest BCUT2D eigenvalue weighted by atomic mass is 10.3. The Morgan fingerprint density at radius 1 is 1.33 bits per heavy atom. The zero-order valence-electron chi connectivity index (χ0n) is 10.9. The number of imide groups is 1. The van der Waals surface area contributed by atoms with Gasteiger partial charge in [-0.2, -0.15) is 0 Å². The van der Waals surface area contributed by atoms with Crippen LogP contribution in [0.3, 0.4) is 0 Å². The molecule has 0 heterocycles. The maximum Gasteiger partial charge on any atom is 0.324 e. The molecule has 0 aliphatic heterocycles. The van der Waals surface area contributed by atoms with E-state index in [0.29, 0.717) is 13.2 Å². The van der Waals surface area contributed by atoms with Crippen molar-refractivity contribution in [2.24, 2.45) is 0 Å². The molecule has 0 spiro atoms. The second-order valence-electron chi connectivity index (χ2n) is 3.84. The number of carboxylic acids is 1. The Labute approximate surface area is 106 Å². The lowest BCUT2D eigenvalue weighted by Crippen LogP contribution is -2.48. The van der Waals surface area contributed by atoms with Crippen LogP contribution in [0.15, 0.2) is 0 Å². The van der Waals surface area contributed by atoms with Gasteiger partial charge in [-0.1, -0.05) is 0 Å². The smallest absolute Gasteiger partial charge is 0.324 e. The fraction of sp³-hybridized carbons (Fsp3) is 0.727. The normalized spacial score (nSPS) is 11.7. The summed E-state index contributed by atoms with van der Waals surface area (Å²) in [4.78, 5) is 34.8. The Bertz CT molecular complexity index is 306. The second kappa shape index (κ2) is 8.46. The van der Waals surface area contributed by atoms with E-state index in [1.165, 1.54) is 12.0 Å². The highest BCUT2D eigenvalue weighted by molar-refractivity contribution is 5.95. The summed E-state index contributed by atoms with van der Waals surface area (Å²) in [7, 11) is 1.53. The first kappa shape index (κ1) is 16.4. The largest absolute Gasteiger partial charge is 0.481 e. The third-order valence-electron chi connectivity index (χ3n) is 2.35. The number of methoxy groups -OCH3 is 1. The summed E-state index contributed by atoms with van der Waals surface area (Å²) in [6.45, 7) is 4.38. The lowest BCUT2D eigenvalue weighted by Gasteiger charge is -2.27. The number of hydrogen-bond donors (Lipinski definition) is 2. The molecule has 0 aliphatic rings. The molecule has 7 heteroatoms. The number of ether oxygens (including phenoxy) is 1. The van der Waals surface area contributed by atoms with Gasteiger partial charge in [0.05, 0.1) is 19.1 Å². The molecule has 0 bridgehead atoms. The Kier molecular flexibility index (Phi) is 7.69. The topological polar surface area (TPSA) is 95.9 Å². The van der Waals surface area contributed by atoms with E-state index in [-0.39, 0.29) is 18.9 Å². The molecule has 0 aromatic rings. The van der Waals surface area contributed by atoms with Gasteiger partial charge in [0.25, 0.3) is 0 Å². The fourth-order valence-electron chi connectivity index (χ4n) is 1.46. The van der Waals surface area contributed by atoms with E-state index in [4.69, 9.17) is 9.84 Å². The summed E-state index contributed by atoms with van der Waals surface area (Å²) in [5.74, 6) is -1.66. The predicted molar refractivity (Wildman–Crippen MR) is 64.1 cm³/mol. The van der Waals surface area contributed by atoms with Gasteiger partial charge in [0.2, 0.25) is 5.91 Å². The summed E-state index contributed by atoms with van der Waals surface area (Å²) in [6.07, 6.45) is -0.504. The number of nitrogens with zero attached hydrogens (tertiary/aromatic N) is 1. The lowest BCUT2D eigenvalue weighted by molar-refractivity contribution is -0.138. The van der Waals surface area contributed by atoms with Gasteiger partial charge in [0.15, 0.2) is 0 Å². The van der Waals surface area contributed by atoms with Gasteiger partial charge in [-0.25, -0.2) is 4.79 Å². The first-order chi connectivity index (χ1) is 8.42. The number of carbonyl (C=O) groups is 3. The monoisotopic (exact) mass is 260 g/mol. The summed E-state index contributed by atoms with van der Waals surface area (Å²) >= 11 is 0. The van der Waals surface area contributed by atoms with E-state index < -0.39 is 17.9 Å². The zero-order chi connectivity index (χ0) is 14.1. The van der Waals surface area contributed by atoms with Gasteiger partial charge >= 0.3 is 12.0 Å². The minimum Gasteiger partial charge on any atom is -0.481 e. The maximum atomic E-state index is 11.7. The number of carboxylic acid groups (broad SMARTS) is 1. The van der Waals surface area contributed by atoms with Gasteiger partial charge in [-0.15, -0.1) is 0 Å². The number of aliphatic carboxylic acids is 1. The standard InChI is InChI=1S/C11H20N2O5/c1-4-13(8(2)7-18-3)11(17)12-9(14)5-6-10(15)16/h8H,4-7H2,1-3H3,(H,15,16)(H,12,14,17). The van der Waals surface area contributed by atoms with Crippen molar-refractivity contribution in [2.75, 3.05) is 20.3 Å². The molecule has 1 unspecified atom stereocenters. The van der Waals surface area contributed by atoms with Crippen LogP contribution in [-0.4, -0.2) is 54.2 Å². The molecule has 0 aromatic heterocycles. The van der Waals surface area contributed by atoms with Crippen molar-refractivity contribution >= 4 is 17.9 Å². The molecule has 0 aliphatic carbocycles. The third kappa shape index (κ3) is 6.19. The van der Waals surface area contributed by atoms with Crippen molar-refractivity contribution in [1.29, 1.82) is 0 Å². The van der Waals surface area contributed by atoms with Gasteiger partial charge in [-0.3, -0.25) is 14.9 Å². The molecule has 0 radical (unpaired) electrons. The summed E-state index contributed by atoms with van der Waals surface area (Å²) in [5.41, 5.74) is 0. The average Bonchev–Trinajstić information content (AvgIpc) is 2.27. The summed E-state index contributed by atoms with van der Waals surface area (Å²) in [6, 6.07) is -0.690. The average molecular weight is 260 g/mol. The van der Waals surface area contributed by atoms with Crippen molar-refractivity contribution in [2.45, 2.75) is 32.7 Å². The molecule has 0 fully saturated rings. The van der Waals surface area contributed by atoms with Crippen LogP contribution in [0.25, 0.3) is 0 Å². The minimum atomic E-state index is -1.07. The highest BCUT2D eigenvalue weighted by Gasteiger charge is 2.20. The zero-order valence-corrected chi connectivity index (χ0v) is 10.9. The number of rotatable bonds is 7. The maximum absolute atomic E-state index is 11.7. The van der Waals surface area contributed by atoms with E-state index >= 15 is 0 Å². The van der Waals surface area contributed by atoms with E-state index in [0.717, 1.165) is 0 Å². The van der Waals surface area contributed by atoms with E-state index in [9.17, 15) is 14.4 Å². The van der Waals surface area contributed by atoms with Gasteiger partial charge in [0.1, 0.15) is 0 Å². The number of carbonyl (C=O) groups excluding carboxylic acids is 2. The Balaban J connectivity index is 4.26. The second-order valence-corrected chi connectivity index (χ2v) is 3.84. The molecule has 7 nitrogen and oxygen atoms in total. The Hall–Kier alpha value is -1.63. The van der Waals surface area contributed by atoms with Crippen LogP contribution in [-0.2, 0) is 14.3 Å². The first-order valence-corrected chi connectivity index (χ1v) is 5.73. The quantitative estimate of drug-likeness (QED) is 0.692. The Morgan fingerprint density at radius 3 is 2.39 bits per heavy atom. The van der Waals surface area contributed by atoms with Crippen molar-refractivity contribution in [3.8, 4) is 0 Å². The highest BCUT2D eigenvalue weighted by Crippen LogP contribution is 2.00. The van der Waals surface area contributed by atoms with Crippen LogP contribution in [0.4, 0.5) is 4.79 Å². The fourth-order valence-corrected chi connectivity index (χ4v) is 1.46. The van der Waals surface area contributed by atoms with Crippen LogP contribution < -0.4 is 5.32 Å².